The Kier molecular flexibility index (Phi) is 7.06. The molecule has 1 atom stereocenters. The fraction of sp³-hybridized carbons (Fsp3) is 0.174. The summed E-state index contributed by atoms with van der Waals surface area (Å²) in [4.78, 5) is 11.4. The number of fused-ring (bicyclic) bond motifs is 2. The molecule has 1 unspecified atom stereocenters. The van der Waals surface area contributed by atoms with E-state index in [1.807, 2.05) is 30.3 Å². The van der Waals surface area contributed by atoms with Crippen LogP contribution in [0.1, 0.15) is 0 Å². The predicted molar refractivity (Wildman–Crippen MR) is 118 cm³/mol. The van der Waals surface area contributed by atoms with Crippen molar-refractivity contribution in [3.8, 4) is 5.75 Å². The Balaban J connectivity index is 2.03. The fourth-order valence-electron chi connectivity index (χ4n) is 3.10. The van der Waals surface area contributed by atoms with Gasteiger partial charge in [-0.25, -0.2) is 4.79 Å². The molecular weight excluding hydrogens is 420 g/mol. The van der Waals surface area contributed by atoms with Gasteiger partial charge >= 0.3 is 5.97 Å². The van der Waals surface area contributed by atoms with Crippen LogP contribution in [0.15, 0.2) is 78.7 Å². The van der Waals surface area contributed by atoms with Crippen LogP contribution in [0.25, 0.3) is 21.5 Å². The first-order chi connectivity index (χ1) is 14.8. The van der Waals surface area contributed by atoms with E-state index in [2.05, 4.69) is 13.2 Å². The molecule has 0 heterocycles. The second-order valence-corrected chi connectivity index (χ2v) is 8.11. The van der Waals surface area contributed by atoms with Crippen molar-refractivity contribution in [2.45, 2.75) is 11.0 Å². The lowest BCUT2D eigenvalue weighted by Crippen LogP contribution is -2.29. The highest BCUT2D eigenvalue weighted by molar-refractivity contribution is 7.85. The third kappa shape index (κ3) is 5.49. The van der Waals surface area contributed by atoms with Crippen molar-refractivity contribution in [2.24, 2.45) is 0 Å². The minimum absolute atomic E-state index is 0.0457. The van der Waals surface area contributed by atoms with Crippen LogP contribution in [-0.2, 0) is 24.4 Å². The molecule has 0 saturated heterocycles. The number of rotatable bonds is 10. The zero-order chi connectivity index (χ0) is 22.4. The molecule has 0 spiro atoms. The minimum Gasteiger partial charge on any atom is -0.488 e. The molecule has 3 aromatic rings. The third-order valence-electron chi connectivity index (χ3n) is 4.49. The van der Waals surface area contributed by atoms with Crippen LogP contribution in [0, 0.1) is 0 Å². The number of esters is 1. The van der Waals surface area contributed by atoms with Crippen molar-refractivity contribution >= 4 is 37.6 Å². The molecule has 8 heteroatoms. The summed E-state index contributed by atoms with van der Waals surface area (Å²) in [6.07, 6.45) is 1.89. The van der Waals surface area contributed by atoms with Crippen LogP contribution in [0.5, 0.6) is 5.75 Å². The van der Waals surface area contributed by atoms with Gasteiger partial charge in [0.25, 0.3) is 10.1 Å². The Morgan fingerprint density at radius 1 is 1.03 bits per heavy atom. The Morgan fingerprint density at radius 3 is 2.48 bits per heavy atom. The van der Waals surface area contributed by atoms with E-state index < -0.39 is 22.2 Å². The molecule has 0 aliphatic heterocycles. The molecule has 0 aromatic heterocycles. The highest BCUT2D eigenvalue weighted by atomic mass is 32.2. The fourth-order valence-corrected chi connectivity index (χ4v) is 3.61. The van der Waals surface area contributed by atoms with Crippen LogP contribution in [0.4, 0.5) is 0 Å². The number of carbonyl (C=O) groups excluding carboxylic acids is 1. The lowest BCUT2D eigenvalue weighted by atomic mass is 10.0. The van der Waals surface area contributed by atoms with Gasteiger partial charge in [-0.1, -0.05) is 43.0 Å². The molecule has 31 heavy (non-hydrogen) atoms. The van der Waals surface area contributed by atoms with Crippen molar-refractivity contribution in [2.75, 3.05) is 19.8 Å². The maximum atomic E-state index is 11.7. The summed E-state index contributed by atoms with van der Waals surface area (Å²) in [5.74, 6) is -0.214. The molecule has 0 bridgehead atoms. The van der Waals surface area contributed by atoms with Crippen molar-refractivity contribution < 1.29 is 32.0 Å². The standard InChI is InChI=1S/C23H22O7S/c1-3-11-28-14-18(30-22(24)4-2)15-29-23-20-8-6-5-7-16(20)12-17-9-10-19(13-21(17)23)31(25,26)27/h3-10,12-13,18H,1-2,11,14-15H2,(H,25,26,27). The molecule has 0 fully saturated rings. The quantitative estimate of drug-likeness (QED) is 0.127. The molecule has 0 aliphatic rings. The predicted octanol–water partition coefficient (Wildman–Crippen LogP) is 3.92. The Labute approximate surface area is 180 Å². The van der Waals surface area contributed by atoms with Crippen molar-refractivity contribution in [3.63, 3.8) is 0 Å². The summed E-state index contributed by atoms with van der Waals surface area (Å²) in [5, 5.41) is 2.84. The summed E-state index contributed by atoms with van der Waals surface area (Å²) in [6, 6.07) is 13.6. The Morgan fingerprint density at radius 2 is 1.77 bits per heavy atom. The van der Waals surface area contributed by atoms with Crippen LogP contribution in [0.2, 0.25) is 0 Å². The zero-order valence-electron chi connectivity index (χ0n) is 16.7. The van der Waals surface area contributed by atoms with E-state index in [-0.39, 0.29) is 24.7 Å². The first kappa shape index (κ1) is 22.5. The minimum atomic E-state index is -4.40. The second kappa shape index (κ2) is 9.74. The summed E-state index contributed by atoms with van der Waals surface area (Å²) in [7, 11) is -4.40. The van der Waals surface area contributed by atoms with E-state index in [0.717, 1.165) is 22.2 Å². The van der Waals surface area contributed by atoms with Gasteiger partial charge in [0.2, 0.25) is 0 Å². The number of ether oxygens (including phenoxy) is 3. The molecule has 1 N–H and O–H groups in total. The number of hydrogen-bond acceptors (Lipinski definition) is 6. The van der Waals surface area contributed by atoms with E-state index in [1.54, 1.807) is 12.1 Å². The van der Waals surface area contributed by atoms with Gasteiger partial charge in [-0.15, -0.1) is 6.58 Å². The summed E-state index contributed by atoms with van der Waals surface area (Å²) < 4.78 is 49.5. The normalized spacial score (nSPS) is 12.4. The van der Waals surface area contributed by atoms with Gasteiger partial charge in [-0.2, -0.15) is 8.42 Å². The van der Waals surface area contributed by atoms with Crippen molar-refractivity contribution in [3.05, 3.63) is 73.8 Å². The van der Waals surface area contributed by atoms with Gasteiger partial charge in [0, 0.05) is 16.8 Å². The molecular formula is C23H22O7S. The van der Waals surface area contributed by atoms with Gasteiger partial charge in [0.15, 0.2) is 6.10 Å². The molecule has 3 rings (SSSR count). The average molecular weight is 442 g/mol. The van der Waals surface area contributed by atoms with Crippen molar-refractivity contribution in [1.29, 1.82) is 0 Å². The van der Waals surface area contributed by atoms with E-state index in [1.165, 1.54) is 12.1 Å². The van der Waals surface area contributed by atoms with Crippen LogP contribution in [0.3, 0.4) is 0 Å². The lowest BCUT2D eigenvalue weighted by molar-refractivity contribution is -0.147. The SMILES string of the molecule is C=CCOCC(COc1c2ccccc2cc2ccc(S(=O)(=O)O)cc12)OC(=O)C=C. The summed E-state index contributed by atoms with van der Waals surface area (Å²) in [6.45, 7) is 7.27. The Bertz CT molecular complexity index is 1230. The van der Waals surface area contributed by atoms with Gasteiger partial charge in [0.1, 0.15) is 12.4 Å². The van der Waals surface area contributed by atoms with Crippen molar-refractivity contribution in [1.82, 2.24) is 0 Å². The first-order valence-electron chi connectivity index (χ1n) is 9.41. The van der Waals surface area contributed by atoms with Gasteiger partial charge < -0.3 is 14.2 Å². The summed E-state index contributed by atoms with van der Waals surface area (Å²) >= 11 is 0. The smallest absolute Gasteiger partial charge is 0.330 e. The molecule has 162 valence electrons. The molecule has 7 nitrogen and oxygen atoms in total. The maximum absolute atomic E-state index is 11.7. The van der Waals surface area contributed by atoms with E-state index in [9.17, 15) is 17.8 Å². The average Bonchev–Trinajstić information content (AvgIpc) is 2.75. The summed E-state index contributed by atoms with van der Waals surface area (Å²) in [5.41, 5.74) is 0. The van der Waals surface area contributed by atoms with Crippen LogP contribution < -0.4 is 4.74 Å². The maximum Gasteiger partial charge on any atom is 0.330 e. The zero-order valence-corrected chi connectivity index (χ0v) is 17.5. The number of benzene rings is 3. The highest BCUT2D eigenvalue weighted by Crippen LogP contribution is 2.36. The largest absolute Gasteiger partial charge is 0.488 e. The molecule has 3 aromatic carbocycles. The number of hydrogen-bond donors (Lipinski definition) is 1. The monoisotopic (exact) mass is 442 g/mol. The van der Waals surface area contributed by atoms with E-state index in [0.29, 0.717) is 11.1 Å². The Hall–Kier alpha value is -3.20. The van der Waals surface area contributed by atoms with E-state index in [4.69, 9.17) is 14.2 Å². The molecule has 0 saturated carbocycles. The second-order valence-electron chi connectivity index (χ2n) is 6.68. The van der Waals surface area contributed by atoms with E-state index >= 15 is 0 Å². The van der Waals surface area contributed by atoms with Gasteiger partial charge in [0.05, 0.1) is 18.1 Å². The highest BCUT2D eigenvalue weighted by Gasteiger charge is 2.18. The van der Waals surface area contributed by atoms with Gasteiger partial charge in [-0.05, 0) is 29.0 Å². The molecule has 0 amide bonds. The number of carbonyl (C=O) groups is 1. The van der Waals surface area contributed by atoms with Crippen LogP contribution in [-0.4, -0.2) is 44.9 Å². The van der Waals surface area contributed by atoms with Crippen LogP contribution >= 0.6 is 0 Å². The molecule has 0 aliphatic carbocycles. The van der Waals surface area contributed by atoms with Gasteiger partial charge in [-0.3, -0.25) is 4.55 Å². The first-order valence-corrected chi connectivity index (χ1v) is 10.8. The topological polar surface area (TPSA) is 99.1 Å². The molecule has 0 radical (unpaired) electrons. The lowest BCUT2D eigenvalue weighted by Gasteiger charge is -2.19. The third-order valence-corrected chi connectivity index (χ3v) is 5.34.